The van der Waals surface area contributed by atoms with Gasteiger partial charge in [-0.1, -0.05) is 27.2 Å². The van der Waals surface area contributed by atoms with Crippen LogP contribution in [0.3, 0.4) is 0 Å². The number of piperidine rings is 1. The summed E-state index contributed by atoms with van der Waals surface area (Å²) in [6, 6.07) is 0.743. The molecule has 16 heavy (non-hydrogen) atoms. The lowest BCUT2D eigenvalue weighted by Crippen LogP contribution is -2.41. The molecule has 0 amide bonds. The predicted molar refractivity (Wildman–Crippen MR) is 71.8 cm³/mol. The fourth-order valence-corrected chi connectivity index (χ4v) is 2.72. The Morgan fingerprint density at radius 2 is 2.19 bits per heavy atom. The molecule has 1 fully saturated rings. The fraction of sp³-hybridized carbons (Fsp3) is 1.00. The minimum absolute atomic E-state index is 0.743. The smallest absolute Gasteiger partial charge is 0.0107 e. The summed E-state index contributed by atoms with van der Waals surface area (Å²) in [6.07, 6.45) is 6.72. The summed E-state index contributed by atoms with van der Waals surface area (Å²) in [5, 5.41) is 3.69. The normalized spacial score (nSPS) is 24.6. The van der Waals surface area contributed by atoms with E-state index in [-0.39, 0.29) is 0 Å². The van der Waals surface area contributed by atoms with Gasteiger partial charge in [-0.2, -0.15) is 0 Å². The first kappa shape index (κ1) is 14.0. The first-order valence-corrected chi connectivity index (χ1v) is 7.22. The molecule has 2 heteroatoms. The highest BCUT2D eigenvalue weighted by Gasteiger charge is 2.15. The quantitative estimate of drug-likeness (QED) is 0.718. The standard InChI is InChI=1S/C14H30N2/c1-4-7-14(5-2)15-9-11-16-10-6-8-13(3)12-16/h13-15H,4-12H2,1-3H3. The Hall–Kier alpha value is -0.0800. The van der Waals surface area contributed by atoms with Crippen LogP contribution >= 0.6 is 0 Å². The van der Waals surface area contributed by atoms with Crippen LogP contribution in [0.25, 0.3) is 0 Å². The third kappa shape index (κ3) is 5.31. The van der Waals surface area contributed by atoms with Gasteiger partial charge in [0.2, 0.25) is 0 Å². The Labute approximate surface area is 102 Å². The Morgan fingerprint density at radius 1 is 1.38 bits per heavy atom. The van der Waals surface area contributed by atoms with E-state index in [1.165, 1.54) is 58.3 Å². The van der Waals surface area contributed by atoms with E-state index in [1.807, 2.05) is 0 Å². The van der Waals surface area contributed by atoms with Gasteiger partial charge in [-0.25, -0.2) is 0 Å². The molecule has 0 radical (unpaired) electrons. The zero-order valence-electron chi connectivity index (χ0n) is 11.5. The predicted octanol–water partition coefficient (Wildman–Crippen LogP) is 2.89. The number of rotatable bonds is 7. The molecule has 2 unspecified atom stereocenters. The molecule has 0 saturated carbocycles. The molecule has 1 aliphatic rings. The van der Waals surface area contributed by atoms with Gasteiger partial charge in [0.1, 0.15) is 0 Å². The summed E-state index contributed by atoms with van der Waals surface area (Å²) >= 11 is 0. The van der Waals surface area contributed by atoms with E-state index in [4.69, 9.17) is 0 Å². The Bertz CT molecular complexity index is 170. The second-order valence-electron chi connectivity index (χ2n) is 5.40. The molecule has 96 valence electrons. The van der Waals surface area contributed by atoms with Crippen molar-refractivity contribution >= 4 is 0 Å². The maximum Gasteiger partial charge on any atom is 0.0107 e. The minimum Gasteiger partial charge on any atom is -0.313 e. The Morgan fingerprint density at radius 3 is 2.81 bits per heavy atom. The molecule has 2 nitrogen and oxygen atoms in total. The number of hydrogen-bond donors (Lipinski definition) is 1. The molecule has 1 heterocycles. The second-order valence-corrected chi connectivity index (χ2v) is 5.40. The van der Waals surface area contributed by atoms with Crippen molar-refractivity contribution in [3.05, 3.63) is 0 Å². The summed E-state index contributed by atoms with van der Waals surface area (Å²) in [5.74, 6) is 0.909. The lowest BCUT2D eigenvalue weighted by molar-refractivity contribution is 0.182. The van der Waals surface area contributed by atoms with Gasteiger partial charge in [0.25, 0.3) is 0 Å². The van der Waals surface area contributed by atoms with Crippen molar-refractivity contribution in [2.24, 2.45) is 5.92 Å². The lowest BCUT2D eigenvalue weighted by Gasteiger charge is -2.31. The van der Waals surface area contributed by atoms with Gasteiger partial charge < -0.3 is 10.2 Å². The monoisotopic (exact) mass is 226 g/mol. The highest BCUT2D eigenvalue weighted by atomic mass is 15.1. The Balaban J connectivity index is 2.09. The number of nitrogens with zero attached hydrogens (tertiary/aromatic N) is 1. The van der Waals surface area contributed by atoms with E-state index in [9.17, 15) is 0 Å². The lowest BCUT2D eigenvalue weighted by atomic mass is 10.0. The van der Waals surface area contributed by atoms with Crippen LogP contribution in [0.5, 0.6) is 0 Å². The van der Waals surface area contributed by atoms with E-state index in [1.54, 1.807) is 0 Å². The van der Waals surface area contributed by atoms with Crippen LogP contribution in [0.2, 0.25) is 0 Å². The van der Waals surface area contributed by atoms with Gasteiger partial charge >= 0.3 is 0 Å². The van der Waals surface area contributed by atoms with Crippen LogP contribution in [-0.2, 0) is 0 Å². The third-order valence-corrected chi connectivity index (χ3v) is 3.73. The highest BCUT2D eigenvalue weighted by Crippen LogP contribution is 2.14. The second kappa shape index (κ2) is 8.08. The van der Waals surface area contributed by atoms with Crippen LogP contribution in [0.4, 0.5) is 0 Å². The van der Waals surface area contributed by atoms with Crippen molar-refractivity contribution in [2.45, 2.75) is 58.9 Å². The number of hydrogen-bond acceptors (Lipinski definition) is 2. The van der Waals surface area contributed by atoms with E-state index >= 15 is 0 Å². The first-order chi connectivity index (χ1) is 7.76. The van der Waals surface area contributed by atoms with Crippen molar-refractivity contribution in [2.75, 3.05) is 26.2 Å². The van der Waals surface area contributed by atoms with Crippen LogP contribution in [0.15, 0.2) is 0 Å². The maximum atomic E-state index is 3.69. The van der Waals surface area contributed by atoms with E-state index in [0.29, 0.717) is 0 Å². The van der Waals surface area contributed by atoms with E-state index < -0.39 is 0 Å². The van der Waals surface area contributed by atoms with Crippen molar-refractivity contribution in [3.8, 4) is 0 Å². The van der Waals surface area contributed by atoms with Gasteiger partial charge in [0.05, 0.1) is 0 Å². The molecule has 0 bridgehead atoms. The molecule has 0 aromatic carbocycles. The Kier molecular flexibility index (Phi) is 7.06. The largest absolute Gasteiger partial charge is 0.313 e. The molecular formula is C14H30N2. The summed E-state index contributed by atoms with van der Waals surface area (Å²) in [5.41, 5.74) is 0. The maximum absolute atomic E-state index is 3.69. The van der Waals surface area contributed by atoms with Crippen molar-refractivity contribution in [1.82, 2.24) is 10.2 Å². The van der Waals surface area contributed by atoms with Crippen LogP contribution in [0.1, 0.15) is 52.9 Å². The minimum atomic E-state index is 0.743. The van der Waals surface area contributed by atoms with Crippen LogP contribution in [0, 0.1) is 5.92 Å². The van der Waals surface area contributed by atoms with Crippen molar-refractivity contribution in [3.63, 3.8) is 0 Å². The zero-order valence-corrected chi connectivity index (χ0v) is 11.5. The highest BCUT2D eigenvalue weighted by molar-refractivity contribution is 4.72. The summed E-state index contributed by atoms with van der Waals surface area (Å²) < 4.78 is 0. The molecule has 1 rings (SSSR count). The van der Waals surface area contributed by atoms with Gasteiger partial charge in [0.15, 0.2) is 0 Å². The first-order valence-electron chi connectivity index (χ1n) is 7.22. The van der Waals surface area contributed by atoms with Gasteiger partial charge in [-0.05, 0) is 38.1 Å². The average Bonchev–Trinajstić information content (AvgIpc) is 2.28. The van der Waals surface area contributed by atoms with E-state index in [2.05, 4.69) is 31.0 Å². The SMILES string of the molecule is CCCC(CC)NCCN1CCCC(C)C1. The molecule has 0 aromatic heterocycles. The van der Waals surface area contributed by atoms with Crippen molar-refractivity contribution < 1.29 is 0 Å². The molecule has 1 N–H and O–H groups in total. The molecule has 2 atom stereocenters. The zero-order chi connectivity index (χ0) is 11.8. The van der Waals surface area contributed by atoms with E-state index in [0.717, 1.165) is 12.0 Å². The topological polar surface area (TPSA) is 15.3 Å². The molecule has 0 aliphatic carbocycles. The van der Waals surface area contributed by atoms with Gasteiger partial charge in [0, 0.05) is 25.7 Å². The number of nitrogens with one attached hydrogen (secondary N) is 1. The van der Waals surface area contributed by atoms with Crippen molar-refractivity contribution in [1.29, 1.82) is 0 Å². The van der Waals surface area contributed by atoms with Gasteiger partial charge in [-0.3, -0.25) is 0 Å². The fourth-order valence-electron chi connectivity index (χ4n) is 2.72. The average molecular weight is 226 g/mol. The number of likely N-dealkylation sites (tertiary alicyclic amines) is 1. The van der Waals surface area contributed by atoms with Crippen LogP contribution in [-0.4, -0.2) is 37.1 Å². The molecule has 0 spiro atoms. The van der Waals surface area contributed by atoms with Crippen LogP contribution < -0.4 is 5.32 Å². The summed E-state index contributed by atoms with van der Waals surface area (Å²) in [4.78, 5) is 2.62. The molecule has 0 aromatic rings. The molecule has 1 aliphatic heterocycles. The molecular weight excluding hydrogens is 196 g/mol. The summed E-state index contributed by atoms with van der Waals surface area (Å²) in [7, 11) is 0. The van der Waals surface area contributed by atoms with Gasteiger partial charge in [-0.15, -0.1) is 0 Å². The molecule has 1 saturated heterocycles. The third-order valence-electron chi connectivity index (χ3n) is 3.73. The summed E-state index contributed by atoms with van der Waals surface area (Å²) in [6.45, 7) is 12.0.